The van der Waals surface area contributed by atoms with Crippen molar-refractivity contribution in [2.75, 3.05) is 27.4 Å². The van der Waals surface area contributed by atoms with Gasteiger partial charge in [0.25, 0.3) is 5.91 Å². The molecule has 0 N–H and O–H groups in total. The van der Waals surface area contributed by atoms with Crippen LogP contribution in [0.1, 0.15) is 34.8 Å². The highest BCUT2D eigenvalue weighted by atomic mass is 16.6. The minimum Gasteiger partial charge on any atom is -0.497 e. The molecule has 1 atom stereocenters. The van der Waals surface area contributed by atoms with Crippen molar-refractivity contribution in [1.29, 1.82) is 0 Å². The number of amides is 1. The number of carbonyl (C=O) groups excluding carboxylic acids is 2. The van der Waals surface area contributed by atoms with Crippen molar-refractivity contribution >= 4 is 17.9 Å². The third-order valence-corrected chi connectivity index (χ3v) is 5.04. The first-order chi connectivity index (χ1) is 14.5. The van der Waals surface area contributed by atoms with E-state index in [0.717, 1.165) is 24.5 Å². The number of hydrogen-bond donors (Lipinski definition) is 0. The summed E-state index contributed by atoms with van der Waals surface area (Å²) in [4.78, 5) is 36.0. The number of hydrogen-bond acceptors (Lipinski definition) is 7. The lowest BCUT2D eigenvalue weighted by atomic mass is 10.0. The first-order valence-corrected chi connectivity index (χ1v) is 9.36. The average molecular weight is 414 g/mol. The van der Waals surface area contributed by atoms with Crippen LogP contribution in [0.4, 0.5) is 5.69 Å². The molecule has 0 spiro atoms. The normalized spacial score (nSPS) is 15.5. The summed E-state index contributed by atoms with van der Waals surface area (Å²) < 4.78 is 16.2. The molecule has 1 aliphatic heterocycles. The molecule has 2 aromatic rings. The van der Waals surface area contributed by atoms with E-state index in [1.807, 2.05) is 6.07 Å². The van der Waals surface area contributed by atoms with Gasteiger partial charge in [-0.25, -0.2) is 0 Å². The van der Waals surface area contributed by atoms with Gasteiger partial charge in [0.2, 0.25) is 0 Å². The predicted octanol–water partition coefficient (Wildman–Crippen LogP) is 3.17. The molecule has 3 rings (SSSR count). The molecule has 9 nitrogen and oxygen atoms in total. The van der Waals surface area contributed by atoms with E-state index in [4.69, 9.17) is 14.2 Å². The molecule has 0 unspecified atom stereocenters. The van der Waals surface area contributed by atoms with Crippen LogP contribution >= 0.6 is 0 Å². The molecule has 1 amide bonds. The van der Waals surface area contributed by atoms with E-state index in [1.54, 1.807) is 31.3 Å². The van der Waals surface area contributed by atoms with Crippen molar-refractivity contribution < 1.29 is 28.7 Å². The number of nitro groups is 1. The Morgan fingerprint density at radius 1 is 1.20 bits per heavy atom. The lowest BCUT2D eigenvalue weighted by molar-refractivity contribution is -0.385. The van der Waals surface area contributed by atoms with Gasteiger partial charge in [-0.3, -0.25) is 19.7 Å². The Balaban J connectivity index is 1.78. The number of nitrogens with zero attached hydrogens (tertiary/aromatic N) is 2. The first-order valence-electron chi connectivity index (χ1n) is 9.36. The van der Waals surface area contributed by atoms with Gasteiger partial charge in [0, 0.05) is 23.7 Å². The van der Waals surface area contributed by atoms with Crippen molar-refractivity contribution in [1.82, 2.24) is 4.90 Å². The van der Waals surface area contributed by atoms with E-state index in [0.29, 0.717) is 24.3 Å². The topological polar surface area (TPSA) is 108 Å². The lowest BCUT2D eigenvalue weighted by Crippen LogP contribution is -2.34. The van der Waals surface area contributed by atoms with Crippen LogP contribution in [0.5, 0.6) is 17.2 Å². The third kappa shape index (κ3) is 4.35. The predicted molar refractivity (Wildman–Crippen MR) is 107 cm³/mol. The summed E-state index contributed by atoms with van der Waals surface area (Å²) >= 11 is 0. The molecule has 1 heterocycles. The molecule has 0 aliphatic carbocycles. The van der Waals surface area contributed by atoms with Crippen molar-refractivity contribution in [3.63, 3.8) is 0 Å². The van der Waals surface area contributed by atoms with E-state index in [2.05, 4.69) is 0 Å². The van der Waals surface area contributed by atoms with E-state index in [1.165, 1.54) is 12.1 Å². The Hall–Kier alpha value is -3.62. The number of aldehydes is 1. The highest BCUT2D eigenvalue weighted by molar-refractivity contribution is 5.80. The molecule has 0 saturated carbocycles. The molecule has 2 aromatic carbocycles. The van der Waals surface area contributed by atoms with E-state index < -0.39 is 4.92 Å². The minimum atomic E-state index is -0.646. The standard InChI is InChI=1S/C21H22N2O7/c1-28-15-6-8-19(29-2)16(11-15)17-4-3-9-22(17)21(25)13-30-20-7-5-14(12-24)10-18(20)23(26)27/h5-8,10-12,17H,3-4,9,13H2,1-2H3/t17-/m1/s1. The molecule has 1 saturated heterocycles. The average Bonchev–Trinajstić information content (AvgIpc) is 3.26. The molecule has 0 aromatic heterocycles. The van der Waals surface area contributed by atoms with Crippen molar-refractivity contribution in [2.45, 2.75) is 18.9 Å². The van der Waals surface area contributed by atoms with Crippen molar-refractivity contribution in [2.24, 2.45) is 0 Å². The van der Waals surface area contributed by atoms with E-state index in [9.17, 15) is 19.7 Å². The highest BCUT2D eigenvalue weighted by Gasteiger charge is 2.32. The van der Waals surface area contributed by atoms with Gasteiger partial charge < -0.3 is 19.1 Å². The molecule has 1 aliphatic rings. The van der Waals surface area contributed by atoms with Gasteiger partial charge in [-0.1, -0.05) is 0 Å². The van der Waals surface area contributed by atoms with Gasteiger partial charge in [-0.2, -0.15) is 0 Å². The summed E-state index contributed by atoms with van der Waals surface area (Å²) in [7, 11) is 3.14. The van der Waals surface area contributed by atoms with Crippen LogP contribution in [-0.2, 0) is 4.79 Å². The second-order valence-electron chi connectivity index (χ2n) is 6.74. The van der Waals surface area contributed by atoms with Crippen LogP contribution in [0.25, 0.3) is 0 Å². The zero-order chi connectivity index (χ0) is 21.7. The van der Waals surface area contributed by atoms with Gasteiger partial charge in [-0.05, 0) is 43.2 Å². The van der Waals surface area contributed by atoms with Crippen molar-refractivity contribution in [3.05, 3.63) is 57.6 Å². The van der Waals surface area contributed by atoms with E-state index in [-0.39, 0.29) is 35.6 Å². The second-order valence-corrected chi connectivity index (χ2v) is 6.74. The number of carbonyl (C=O) groups is 2. The third-order valence-electron chi connectivity index (χ3n) is 5.04. The van der Waals surface area contributed by atoms with Gasteiger partial charge in [-0.15, -0.1) is 0 Å². The van der Waals surface area contributed by atoms with Gasteiger partial charge in [0.05, 0.1) is 25.2 Å². The zero-order valence-electron chi connectivity index (χ0n) is 16.7. The fourth-order valence-corrected chi connectivity index (χ4v) is 3.58. The molecule has 0 radical (unpaired) electrons. The summed E-state index contributed by atoms with van der Waals surface area (Å²) in [6.07, 6.45) is 2.08. The van der Waals surface area contributed by atoms with Gasteiger partial charge in [0.1, 0.15) is 17.8 Å². The summed E-state index contributed by atoms with van der Waals surface area (Å²) in [5, 5.41) is 11.2. The maximum atomic E-state index is 12.9. The molecular formula is C21H22N2O7. The smallest absolute Gasteiger partial charge is 0.311 e. The van der Waals surface area contributed by atoms with Gasteiger partial charge >= 0.3 is 5.69 Å². The highest BCUT2D eigenvalue weighted by Crippen LogP contribution is 2.39. The van der Waals surface area contributed by atoms with Gasteiger partial charge in [0.15, 0.2) is 12.4 Å². The Labute approximate surface area is 173 Å². The molecule has 30 heavy (non-hydrogen) atoms. The zero-order valence-corrected chi connectivity index (χ0v) is 16.7. The fraction of sp³-hybridized carbons (Fsp3) is 0.333. The minimum absolute atomic E-state index is 0.0614. The molecular weight excluding hydrogens is 392 g/mol. The number of benzene rings is 2. The molecule has 9 heteroatoms. The molecule has 0 bridgehead atoms. The molecule has 158 valence electrons. The SMILES string of the molecule is COc1ccc(OC)c([C@H]2CCCN2C(=O)COc2ccc(C=O)cc2[N+](=O)[O-])c1. The summed E-state index contributed by atoms with van der Waals surface area (Å²) in [6.45, 7) is 0.184. The summed E-state index contributed by atoms with van der Waals surface area (Å²) in [5.74, 6) is 0.957. The Morgan fingerprint density at radius 3 is 2.63 bits per heavy atom. The lowest BCUT2D eigenvalue weighted by Gasteiger charge is -2.26. The summed E-state index contributed by atoms with van der Waals surface area (Å²) in [5.41, 5.74) is 0.633. The van der Waals surface area contributed by atoms with Crippen LogP contribution in [0.15, 0.2) is 36.4 Å². The van der Waals surface area contributed by atoms with Crippen LogP contribution in [-0.4, -0.2) is 49.4 Å². The Morgan fingerprint density at radius 2 is 1.97 bits per heavy atom. The maximum Gasteiger partial charge on any atom is 0.311 e. The second kappa shape index (κ2) is 9.25. The maximum absolute atomic E-state index is 12.9. The number of methoxy groups -OCH3 is 2. The number of ether oxygens (including phenoxy) is 3. The quantitative estimate of drug-likeness (QED) is 0.371. The number of nitro benzene ring substituents is 1. The van der Waals surface area contributed by atoms with E-state index >= 15 is 0 Å². The largest absolute Gasteiger partial charge is 0.497 e. The van der Waals surface area contributed by atoms with Crippen LogP contribution in [0.2, 0.25) is 0 Å². The Bertz CT molecular complexity index is 960. The molecule has 1 fully saturated rings. The Kier molecular flexibility index (Phi) is 6.51. The number of likely N-dealkylation sites (tertiary alicyclic amines) is 1. The monoisotopic (exact) mass is 414 g/mol. The number of rotatable bonds is 8. The fourth-order valence-electron chi connectivity index (χ4n) is 3.58. The van der Waals surface area contributed by atoms with Crippen LogP contribution in [0, 0.1) is 10.1 Å². The first kappa shape index (κ1) is 21.1. The van der Waals surface area contributed by atoms with Crippen LogP contribution < -0.4 is 14.2 Å². The van der Waals surface area contributed by atoms with Crippen LogP contribution in [0.3, 0.4) is 0 Å². The summed E-state index contributed by atoms with van der Waals surface area (Å²) in [6, 6.07) is 9.06. The van der Waals surface area contributed by atoms with Crippen molar-refractivity contribution in [3.8, 4) is 17.2 Å².